The number of amides is 2. The second-order valence-electron chi connectivity index (χ2n) is 5.93. The third-order valence-electron chi connectivity index (χ3n) is 3.58. The van der Waals surface area contributed by atoms with Crippen LogP contribution < -0.4 is 10.6 Å². The van der Waals surface area contributed by atoms with Gasteiger partial charge in [0.15, 0.2) is 0 Å². The Labute approximate surface area is 142 Å². The van der Waals surface area contributed by atoms with Gasteiger partial charge in [0.1, 0.15) is 12.1 Å². The minimum Gasteiger partial charge on any atom is -0.375 e. The van der Waals surface area contributed by atoms with Gasteiger partial charge in [-0.3, -0.25) is 9.59 Å². The molecule has 2 N–H and O–H groups in total. The molecule has 128 valence electrons. The van der Waals surface area contributed by atoms with E-state index in [-0.39, 0.29) is 29.9 Å². The average molecular weight is 341 g/mol. The van der Waals surface area contributed by atoms with Crippen LogP contribution in [0, 0.1) is 5.92 Å². The molecule has 1 aromatic carbocycles. The maximum absolute atomic E-state index is 12.4. The van der Waals surface area contributed by atoms with Crippen LogP contribution in [-0.2, 0) is 14.3 Å². The average Bonchev–Trinajstić information content (AvgIpc) is 2.46. The Bertz CT molecular complexity index is 531. The first-order chi connectivity index (χ1) is 10.8. The molecular weight excluding hydrogens is 316 g/mol. The van der Waals surface area contributed by atoms with E-state index in [1.807, 2.05) is 32.9 Å². The molecule has 2 amide bonds. The minimum atomic E-state index is -0.572. The van der Waals surface area contributed by atoms with E-state index >= 15 is 0 Å². The Morgan fingerprint density at radius 3 is 2.09 bits per heavy atom. The van der Waals surface area contributed by atoms with Gasteiger partial charge in [-0.15, -0.1) is 0 Å². The predicted molar refractivity (Wildman–Crippen MR) is 91.2 cm³/mol. The zero-order chi connectivity index (χ0) is 17.6. The Morgan fingerprint density at radius 1 is 1.09 bits per heavy atom. The second-order valence-corrected chi connectivity index (χ2v) is 6.36. The van der Waals surface area contributed by atoms with Gasteiger partial charge >= 0.3 is 0 Å². The fraction of sp³-hybridized carbons (Fsp3) is 0.529. The summed E-state index contributed by atoms with van der Waals surface area (Å²) in [6.07, 6.45) is -0.304. The van der Waals surface area contributed by atoms with Crippen LogP contribution in [0.1, 0.15) is 39.4 Å². The van der Waals surface area contributed by atoms with Crippen LogP contribution in [0.15, 0.2) is 24.3 Å². The Morgan fingerprint density at radius 2 is 1.65 bits per heavy atom. The number of hydrogen-bond acceptors (Lipinski definition) is 3. The topological polar surface area (TPSA) is 67.4 Å². The number of methoxy groups -OCH3 is 1. The van der Waals surface area contributed by atoms with Crippen molar-refractivity contribution < 1.29 is 14.3 Å². The van der Waals surface area contributed by atoms with Crippen molar-refractivity contribution in [2.75, 3.05) is 7.11 Å². The standard InChI is InChI=1S/C17H25ClN2O3/c1-10(2)15(20-12(4)21)17(22)19-11(3)16(23-5)13-6-8-14(18)9-7-13/h6-11,15-16H,1-5H3,(H,19,22)(H,20,21)/t11-,15-,16-/m0/s1. The zero-order valence-corrected chi connectivity index (χ0v) is 15.0. The van der Waals surface area contributed by atoms with Gasteiger partial charge < -0.3 is 15.4 Å². The number of benzene rings is 1. The van der Waals surface area contributed by atoms with Crippen molar-refractivity contribution in [3.63, 3.8) is 0 Å². The lowest BCUT2D eigenvalue weighted by molar-refractivity contribution is -0.130. The number of carbonyl (C=O) groups excluding carboxylic acids is 2. The summed E-state index contributed by atoms with van der Waals surface area (Å²) in [5.74, 6) is -0.464. The lowest BCUT2D eigenvalue weighted by Gasteiger charge is -2.28. The molecule has 6 heteroatoms. The molecule has 0 aliphatic heterocycles. The summed E-state index contributed by atoms with van der Waals surface area (Å²) < 4.78 is 5.52. The first-order valence-electron chi connectivity index (χ1n) is 7.62. The Balaban J connectivity index is 2.81. The molecule has 0 fully saturated rings. The molecule has 0 radical (unpaired) electrons. The predicted octanol–water partition coefficient (Wildman–Crippen LogP) is 2.69. The van der Waals surface area contributed by atoms with E-state index in [1.165, 1.54) is 6.92 Å². The van der Waals surface area contributed by atoms with Crippen LogP contribution in [0.5, 0.6) is 0 Å². The van der Waals surface area contributed by atoms with Crippen molar-refractivity contribution in [3.8, 4) is 0 Å². The molecule has 0 aliphatic carbocycles. The maximum atomic E-state index is 12.4. The SMILES string of the molecule is CO[C@H](c1ccc(Cl)cc1)[C@H](C)NC(=O)[C@@H](NC(C)=O)C(C)C. The van der Waals surface area contributed by atoms with Gasteiger partial charge in [0.05, 0.1) is 6.04 Å². The third kappa shape index (κ3) is 5.84. The number of ether oxygens (including phenoxy) is 1. The normalized spacial score (nSPS) is 14.9. The Hall–Kier alpha value is -1.59. The van der Waals surface area contributed by atoms with E-state index in [2.05, 4.69) is 10.6 Å². The van der Waals surface area contributed by atoms with Crippen LogP contribution in [0.25, 0.3) is 0 Å². The molecule has 0 unspecified atom stereocenters. The van der Waals surface area contributed by atoms with Crippen LogP contribution in [0.2, 0.25) is 5.02 Å². The molecule has 1 aromatic rings. The summed E-state index contributed by atoms with van der Waals surface area (Å²) in [5, 5.41) is 6.24. The molecule has 3 atom stereocenters. The first kappa shape index (κ1) is 19.5. The number of halogens is 1. The molecule has 0 bridgehead atoms. The molecule has 0 aromatic heterocycles. The molecule has 23 heavy (non-hydrogen) atoms. The molecule has 0 heterocycles. The van der Waals surface area contributed by atoms with E-state index < -0.39 is 6.04 Å². The van der Waals surface area contributed by atoms with E-state index in [1.54, 1.807) is 19.2 Å². The molecule has 0 saturated carbocycles. The number of rotatable bonds is 7. The van der Waals surface area contributed by atoms with Crippen molar-refractivity contribution in [2.24, 2.45) is 5.92 Å². The fourth-order valence-electron chi connectivity index (χ4n) is 2.43. The van der Waals surface area contributed by atoms with E-state index in [0.29, 0.717) is 5.02 Å². The summed E-state index contributed by atoms with van der Waals surface area (Å²) in [5.41, 5.74) is 0.922. The maximum Gasteiger partial charge on any atom is 0.243 e. The molecule has 0 saturated heterocycles. The number of nitrogens with one attached hydrogen (secondary N) is 2. The fourth-order valence-corrected chi connectivity index (χ4v) is 2.55. The molecular formula is C17H25ClN2O3. The summed E-state index contributed by atoms with van der Waals surface area (Å²) >= 11 is 5.90. The first-order valence-corrected chi connectivity index (χ1v) is 7.99. The van der Waals surface area contributed by atoms with E-state index in [0.717, 1.165) is 5.56 Å². The molecule has 1 rings (SSSR count). The molecule has 0 aliphatic rings. The summed E-state index contributed by atoms with van der Waals surface area (Å²) in [4.78, 5) is 23.7. The van der Waals surface area contributed by atoms with Gasteiger partial charge in [-0.1, -0.05) is 37.6 Å². The molecule has 0 spiro atoms. The second kappa shape index (κ2) is 8.89. The summed E-state index contributed by atoms with van der Waals surface area (Å²) in [7, 11) is 1.59. The van der Waals surface area contributed by atoms with Crippen molar-refractivity contribution >= 4 is 23.4 Å². The minimum absolute atomic E-state index is 0.0115. The van der Waals surface area contributed by atoms with Crippen molar-refractivity contribution in [1.82, 2.24) is 10.6 Å². The van der Waals surface area contributed by atoms with Crippen molar-refractivity contribution in [2.45, 2.75) is 45.9 Å². The quantitative estimate of drug-likeness (QED) is 0.802. The summed E-state index contributed by atoms with van der Waals surface area (Å²) in [6, 6.07) is 6.47. The smallest absolute Gasteiger partial charge is 0.243 e. The van der Waals surface area contributed by atoms with Gasteiger partial charge in [0.2, 0.25) is 11.8 Å². The van der Waals surface area contributed by atoms with Crippen LogP contribution in [0.3, 0.4) is 0 Å². The van der Waals surface area contributed by atoms with Gasteiger partial charge in [0, 0.05) is 19.1 Å². The highest BCUT2D eigenvalue weighted by molar-refractivity contribution is 6.30. The lowest BCUT2D eigenvalue weighted by Crippen LogP contribution is -2.52. The highest BCUT2D eigenvalue weighted by Crippen LogP contribution is 2.22. The van der Waals surface area contributed by atoms with Gasteiger partial charge in [-0.2, -0.15) is 0 Å². The molecule has 5 nitrogen and oxygen atoms in total. The van der Waals surface area contributed by atoms with Crippen LogP contribution >= 0.6 is 11.6 Å². The third-order valence-corrected chi connectivity index (χ3v) is 3.84. The van der Waals surface area contributed by atoms with Crippen LogP contribution in [-0.4, -0.2) is 31.0 Å². The zero-order valence-electron chi connectivity index (χ0n) is 14.2. The van der Waals surface area contributed by atoms with E-state index in [9.17, 15) is 9.59 Å². The lowest BCUT2D eigenvalue weighted by atomic mass is 10.0. The number of carbonyl (C=O) groups is 2. The van der Waals surface area contributed by atoms with Crippen molar-refractivity contribution in [3.05, 3.63) is 34.9 Å². The summed E-state index contributed by atoms with van der Waals surface area (Å²) in [6.45, 7) is 7.04. The largest absolute Gasteiger partial charge is 0.375 e. The number of hydrogen-bond donors (Lipinski definition) is 2. The monoisotopic (exact) mass is 340 g/mol. The van der Waals surface area contributed by atoms with Crippen molar-refractivity contribution in [1.29, 1.82) is 0 Å². The highest BCUT2D eigenvalue weighted by atomic mass is 35.5. The Kier molecular flexibility index (Phi) is 7.52. The van der Waals surface area contributed by atoms with Crippen LogP contribution in [0.4, 0.5) is 0 Å². The van der Waals surface area contributed by atoms with Gasteiger partial charge in [-0.25, -0.2) is 0 Å². The van der Waals surface area contributed by atoms with Gasteiger partial charge in [0.25, 0.3) is 0 Å². The highest BCUT2D eigenvalue weighted by Gasteiger charge is 2.27. The van der Waals surface area contributed by atoms with E-state index in [4.69, 9.17) is 16.3 Å². The van der Waals surface area contributed by atoms with Gasteiger partial charge in [-0.05, 0) is 30.5 Å².